The van der Waals surface area contributed by atoms with Crippen molar-refractivity contribution in [2.24, 2.45) is 0 Å². The molecule has 118 valence electrons. The van der Waals surface area contributed by atoms with Gasteiger partial charge in [0.2, 0.25) is 0 Å². The number of carbonyl (C=O) groups is 1. The van der Waals surface area contributed by atoms with Crippen LogP contribution < -0.4 is 5.32 Å². The molecule has 3 rings (SSSR count). The van der Waals surface area contributed by atoms with Crippen LogP contribution in [-0.2, 0) is 0 Å². The van der Waals surface area contributed by atoms with Gasteiger partial charge in [0.15, 0.2) is 0 Å². The maximum absolute atomic E-state index is 12.6. The smallest absolute Gasteiger partial charge is 0.257 e. The molecular formula is C16H21ClN4O. The Kier molecular flexibility index (Phi) is 5.21. The van der Waals surface area contributed by atoms with Crippen molar-refractivity contribution in [3.05, 3.63) is 47.8 Å². The van der Waals surface area contributed by atoms with Gasteiger partial charge in [0.05, 0.1) is 17.4 Å². The Hall–Kier alpha value is -1.85. The first-order valence-corrected chi connectivity index (χ1v) is 7.29. The number of benzene rings is 1. The maximum Gasteiger partial charge on any atom is 0.257 e. The molecule has 0 spiro atoms. The second-order valence-electron chi connectivity index (χ2n) is 5.51. The zero-order valence-corrected chi connectivity index (χ0v) is 13.6. The lowest BCUT2D eigenvalue weighted by Gasteiger charge is -2.33. The molecule has 1 fully saturated rings. The number of para-hydroxylation sites is 1. The number of carbonyl (C=O) groups excluding carboxylic acids is 1. The van der Waals surface area contributed by atoms with E-state index in [9.17, 15) is 4.79 Å². The second-order valence-corrected chi connectivity index (χ2v) is 5.51. The van der Waals surface area contributed by atoms with Gasteiger partial charge in [-0.15, -0.1) is 12.4 Å². The van der Waals surface area contributed by atoms with Crippen LogP contribution in [0.4, 0.5) is 0 Å². The number of hydrogen-bond donors (Lipinski definition) is 1. The first-order valence-electron chi connectivity index (χ1n) is 7.29. The van der Waals surface area contributed by atoms with Gasteiger partial charge in [-0.1, -0.05) is 18.2 Å². The Bertz CT molecular complexity index is 655. The van der Waals surface area contributed by atoms with Crippen LogP contribution in [0.3, 0.4) is 0 Å². The molecular weight excluding hydrogens is 300 g/mol. The summed E-state index contributed by atoms with van der Waals surface area (Å²) >= 11 is 0. The van der Waals surface area contributed by atoms with E-state index in [1.165, 1.54) is 0 Å². The van der Waals surface area contributed by atoms with E-state index in [0.717, 1.165) is 30.9 Å². The number of hydrogen-bond acceptors (Lipinski definition) is 3. The standard InChI is InChI=1S/C16H20N4O.ClH/c1-12-5-3-4-6-15(12)20-11-14(10-18-20)16(21)19-8-7-17-9-13(19)2;/h3-6,10-11,13,17H,7-9H2,1-2H3;1H/t13-;/m1./s1. The van der Waals surface area contributed by atoms with Gasteiger partial charge >= 0.3 is 0 Å². The van der Waals surface area contributed by atoms with E-state index in [1.54, 1.807) is 10.9 Å². The zero-order valence-electron chi connectivity index (χ0n) is 12.8. The average molecular weight is 321 g/mol. The first-order chi connectivity index (χ1) is 10.2. The van der Waals surface area contributed by atoms with Gasteiger partial charge in [-0.3, -0.25) is 4.79 Å². The van der Waals surface area contributed by atoms with Gasteiger partial charge in [0.25, 0.3) is 5.91 Å². The number of amides is 1. The van der Waals surface area contributed by atoms with Gasteiger partial charge in [0, 0.05) is 31.9 Å². The maximum atomic E-state index is 12.6. The molecule has 1 aliphatic heterocycles. The molecule has 5 nitrogen and oxygen atoms in total. The van der Waals surface area contributed by atoms with Crippen LogP contribution in [0.5, 0.6) is 0 Å². The third-order valence-corrected chi connectivity index (χ3v) is 3.95. The van der Waals surface area contributed by atoms with Crippen LogP contribution in [0.1, 0.15) is 22.8 Å². The minimum absolute atomic E-state index is 0. The third kappa shape index (κ3) is 3.15. The molecule has 0 bridgehead atoms. The summed E-state index contributed by atoms with van der Waals surface area (Å²) in [4.78, 5) is 14.5. The van der Waals surface area contributed by atoms with E-state index in [-0.39, 0.29) is 24.4 Å². The Labute approximate surface area is 136 Å². The molecule has 1 aromatic carbocycles. The van der Waals surface area contributed by atoms with Gasteiger partial charge in [-0.2, -0.15) is 5.10 Å². The van der Waals surface area contributed by atoms with E-state index in [1.807, 2.05) is 42.3 Å². The van der Waals surface area contributed by atoms with Crippen molar-refractivity contribution >= 4 is 18.3 Å². The van der Waals surface area contributed by atoms with E-state index >= 15 is 0 Å². The highest BCUT2D eigenvalue weighted by molar-refractivity contribution is 5.94. The van der Waals surface area contributed by atoms with Crippen molar-refractivity contribution in [2.45, 2.75) is 19.9 Å². The minimum Gasteiger partial charge on any atom is -0.333 e. The molecule has 2 aromatic rings. The summed E-state index contributed by atoms with van der Waals surface area (Å²) in [5.74, 6) is 0.0591. The Morgan fingerprint density at radius 1 is 1.36 bits per heavy atom. The summed E-state index contributed by atoms with van der Waals surface area (Å²) < 4.78 is 1.77. The summed E-state index contributed by atoms with van der Waals surface area (Å²) in [6.07, 6.45) is 3.48. The molecule has 6 heteroatoms. The Morgan fingerprint density at radius 2 is 2.14 bits per heavy atom. The monoisotopic (exact) mass is 320 g/mol. The predicted molar refractivity (Wildman–Crippen MR) is 88.9 cm³/mol. The van der Waals surface area contributed by atoms with Crippen molar-refractivity contribution < 1.29 is 4.79 Å². The fourth-order valence-electron chi connectivity index (χ4n) is 2.69. The lowest BCUT2D eigenvalue weighted by molar-refractivity contribution is 0.0656. The van der Waals surface area contributed by atoms with Crippen molar-refractivity contribution in [3.8, 4) is 5.69 Å². The molecule has 1 N–H and O–H groups in total. The van der Waals surface area contributed by atoms with E-state index in [0.29, 0.717) is 5.56 Å². The highest BCUT2D eigenvalue weighted by Crippen LogP contribution is 2.15. The number of aromatic nitrogens is 2. The largest absolute Gasteiger partial charge is 0.333 e. The number of piperazine rings is 1. The third-order valence-electron chi connectivity index (χ3n) is 3.95. The summed E-state index contributed by atoms with van der Waals surface area (Å²) in [6.45, 7) is 6.54. The molecule has 0 radical (unpaired) electrons. The number of rotatable bonds is 2. The molecule has 0 unspecified atom stereocenters. The first kappa shape index (κ1) is 16.5. The zero-order chi connectivity index (χ0) is 14.8. The van der Waals surface area contributed by atoms with Crippen LogP contribution in [0.2, 0.25) is 0 Å². The van der Waals surface area contributed by atoms with E-state index < -0.39 is 0 Å². The van der Waals surface area contributed by atoms with Crippen LogP contribution in [0.25, 0.3) is 5.69 Å². The SMILES string of the molecule is Cc1ccccc1-n1cc(C(=O)N2CCNC[C@H]2C)cn1.Cl. The van der Waals surface area contributed by atoms with Crippen molar-refractivity contribution in [1.29, 1.82) is 0 Å². The molecule has 1 atom stereocenters. The topological polar surface area (TPSA) is 50.2 Å². The molecule has 1 amide bonds. The Morgan fingerprint density at radius 3 is 2.86 bits per heavy atom. The summed E-state index contributed by atoms with van der Waals surface area (Å²) in [5, 5.41) is 7.64. The van der Waals surface area contributed by atoms with Gasteiger partial charge in [0.1, 0.15) is 0 Å². The Balaban J connectivity index is 0.00000176. The minimum atomic E-state index is 0. The fraction of sp³-hybridized carbons (Fsp3) is 0.375. The van der Waals surface area contributed by atoms with Crippen molar-refractivity contribution in [1.82, 2.24) is 20.0 Å². The molecule has 1 aromatic heterocycles. The predicted octanol–water partition coefficient (Wildman–Crippen LogP) is 2.04. The molecule has 0 aliphatic carbocycles. The molecule has 1 aliphatic rings. The highest BCUT2D eigenvalue weighted by atomic mass is 35.5. The van der Waals surface area contributed by atoms with Crippen molar-refractivity contribution in [3.63, 3.8) is 0 Å². The van der Waals surface area contributed by atoms with E-state index in [2.05, 4.69) is 17.3 Å². The van der Waals surface area contributed by atoms with Crippen LogP contribution in [-0.4, -0.2) is 46.3 Å². The van der Waals surface area contributed by atoms with Crippen molar-refractivity contribution in [2.75, 3.05) is 19.6 Å². The quantitative estimate of drug-likeness (QED) is 0.921. The lowest BCUT2D eigenvalue weighted by atomic mass is 10.2. The molecule has 0 saturated carbocycles. The van der Waals surface area contributed by atoms with Gasteiger partial charge in [-0.25, -0.2) is 4.68 Å². The normalized spacial score (nSPS) is 17.9. The lowest BCUT2D eigenvalue weighted by Crippen LogP contribution is -2.52. The summed E-state index contributed by atoms with van der Waals surface area (Å²) in [6, 6.07) is 8.23. The van der Waals surface area contributed by atoms with Gasteiger partial charge < -0.3 is 10.2 Å². The average Bonchev–Trinajstić information content (AvgIpc) is 2.97. The summed E-state index contributed by atoms with van der Waals surface area (Å²) in [5.41, 5.74) is 2.78. The fourth-order valence-corrected chi connectivity index (χ4v) is 2.69. The molecule has 22 heavy (non-hydrogen) atoms. The number of aryl methyl sites for hydroxylation is 1. The number of nitrogens with zero attached hydrogens (tertiary/aromatic N) is 3. The highest BCUT2D eigenvalue weighted by Gasteiger charge is 2.25. The summed E-state index contributed by atoms with van der Waals surface area (Å²) in [7, 11) is 0. The molecule has 1 saturated heterocycles. The molecule has 2 heterocycles. The second kappa shape index (κ2) is 6.94. The van der Waals surface area contributed by atoms with Crippen LogP contribution >= 0.6 is 12.4 Å². The van der Waals surface area contributed by atoms with Gasteiger partial charge in [-0.05, 0) is 25.5 Å². The van der Waals surface area contributed by atoms with E-state index in [4.69, 9.17) is 0 Å². The van der Waals surface area contributed by atoms with Crippen LogP contribution in [0, 0.1) is 6.92 Å². The number of halogens is 1. The van der Waals surface area contributed by atoms with Crippen LogP contribution in [0.15, 0.2) is 36.7 Å². The number of nitrogens with one attached hydrogen (secondary N) is 1.